The van der Waals surface area contributed by atoms with Crippen molar-refractivity contribution in [3.8, 4) is 0 Å². The van der Waals surface area contributed by atoms with Crippen molar-refractivity contribution >= 4 is 11.4 Å². The molecular formula is C12H21N3O. The van der Waals surface area contributed by atoms with E-state index in [1.54, 1.807) is 12.4 Å². The summed E-state index contributed by atoms with van der Waals surface area (Å²) in [6, 6.07) is 1.91. The van der Waals surface area contributed by atoms with Gasteiger partial charge in [0.25, 0.3) is 0 Å². The van der Waals surface area contributed by atoms with Crippen LogP contribution in [-0.2, 0) is 4.74 Å². The monoisotopic (exact) mass is 223 g/mol. The van der Waals surface area contributed by atoms with Gasteiger partial charge < -0.3 is 15.4 Å². The lowest BCUT2D eigenvalue weighted by Gasteiger charge is -2.20. The van der Waals surface area contributed by atoms with Crippen molar-refractivity contribution in [1.29, 1.82) is 0 Å². The number of likely N-dealkylation sites (N-methyl/N-ethyl adjacent to an activating group) is 1. The first kappa shape index (κ1) is 12.8. The van der Waals surface area contributed by atoms with E-state index >= 15 is 0 Å². The van der Waals surface area contributed by atoms with E-state index in [0.717, 1.165) is 25.4 Å². The lowest BCUT2D eigenvalue weighted by molar-refractivity contribution is 0.116. The minimum atomic E-state index is 0.580. The molecule has 1 heterocycles. The van der Waals surface area contributed by atoms with Gasteiger partial charge in [0.15, 0.2) is 0 Å². The summed E-state index contributed by atoms with van der Waals surface area (Å²) in [6.45, 7) is 6.65. The lowest BCUT2D eigenvalue weighted by atomic mass is 10.2. The summed E-state index contributed by atoms with van der Waals surface area (Å²) in [7, 11) is 2.00. The average Bonchev–Trinajstić information content (AvgIpc) is 2.24. The fourth-order valence-corrected chi connectivity index (χ4v) is 1.39. The smallest absolute Gasteiger partial charge is 0.0738 e. The number of rotatable bonds is 6. The highest BCUT2D eigenvalue weighted by molar-refractivity contribution is 5.65. The molecule has 0 bridgehead atoms. The number of nitrogens with zero attached hydrogens (tertiary/aromatic N) is 2. The lowest BCUT2D eigenvalue weighted by Crippen LogP contribution is -2.24. The van der Waals surface area contributed by atoms with Crippen molar-refractivity contribution in [2.24, 2.45) is 5.92 Å². The summed E-state index contributed by atoms with van der Waals surface area (Å²) in [6.07, 6.45) is 3.41. The molecule has 0 saturated carbocycles. The summed E-state index contributed by atoms with van der Waals surface area (Å²) in [5.41, 5.74) is 7.53. The highest BCUT2D eigenvalue weighted by Gasteiger charge is 2.04. The van der Waals surface area contributed by atoms with Crippen molar-refractivity contribution < 1.29 is 4.74 Å². The van der Waals surface area contributed by atoms with Gasteiger partial charge in [-0.05, 0) is 12.0 Å². The fourth-order valence-electron chi connectivity index (χ4n) is 1.39. The van der Waals surface area contributed by atoms with Crippen LogP contribution in [0.5, 0.6) is 0 Å². The SMILES string of the molecule is CC(C)COCCN(C)c1ccncc1N. The fraction of sp³-hybridized carbons (Fsp3) is 0.583. The Morgan fingerprint density at radius 1 is 1.50 bits per heavy atom. The normalized spacial score (nSPS) is 10.8. The Balaban J connectivity index is 2.35. The predicted octanol–water partition coefficient (Wildman–Crippen LogP) is 1.77. The third kappa shape index (κ3) is 4.06. The zero-order valence-electron chi connectivity index (χ0n) is 10.3. The van der Waals surface area contributed by atoms with E-state index in [9.17, 15) is 0 Å². The predicted molar refractivity (Wildman–Crippen MR) is 67.6 cm³/mol. The van der Waals surface area contributed by atoms with Gasteiger partial charge in [0.1, 0.15) is 0 Å². The standard InChI is InChI=1S/C12H21N3O/c1-10(2)9-16-7-6-15(3)12-4-5-14-8-11(12)13/h4-5,8,10H,6-7,9,13H2,1-3H3. The minimum Gasteiger partial charge on any atom is -0.396 e. The number of ether oxygens (including phenoxy) is 1. The first-order valence-electron chi connectivity index (χ1n) is 5.59. The van der Waals surface area contributed by atoms with E-state index in [4.69, 9.17) is 10.5 Å². The van der Waals surface area contributed by atoms with Crippen LogP contribution in [0.15, 0.2) is 18.5 Å². The summed E-state index contributed by atoms with van der Waals surface area (Å²) in [5, 5.41) is 0. The molecule has 4 heteroatoms. The second kappa shape index (κ2) is 6.33. The molecule has 0 radical (unpaired) electrons. The largest absolute Gasteiger partial charge is 0.396 e. The van der Waals surface area contributed by atoms with Crippen molar-refractivity contribution in [2.75, 3.05) is 37.4 Å². The van der Waals surface area contributed by atoms with Gasteiger partial charge in [-0.3, -0.25) is 4.98 Å². The van der Waals surface area contributed by atoms with Gasteiger partial charge in [-0.15, -0.1) is 0 Å². The number of anilines is 2. The van der Waals surface area contributed by atoms with Crippen LogP contribution in [0, 0.1) is 5.92 Å². The van der Waals surface area contributed by atoms with Crippen LogP contribution in [0.4, 0.5) is 11.4 Å². The summed E-state index contributed by atoms with van der Waals surface area (Å²) >= 11 is 0. The summed E-state index contributed by atoms with van der Waals surface area (Å²) in [5.74, 6) is 0.580. The molecule has 2 N–H and O–H groups in total. The molecule has 1 aromatic heterocycles. The zero-order valence-corrected chi connectivity index (χ0v) is 10.3. The van der Waals surface area contributed by atoms with Crippen molar-refractivity contribution in [3.63, 3.8) is 0 Å². The van der Waals surface area contributed by atoms with Crippen LogP contribution >= 0.6 is 0 Å². The molecule has 0 atom stereocenters. The Morgan fingerprint density at radius 3 is 2.88 bits per heavy atom. The van der Waals surface area contributed by atoms with E-state index in [1.165, 1.54) is 0 Å². The molecule has 0 saturated heterocycles. The van der Waals surface area contributed by atoms with Gasteiger partial charge in [-0.2, -0.15) is 0 Å². The zero-order chi connectivity index (χ0) is 12.0. The number of hydrogen-bond acceptors (Lipinski definition) is 4. The summed E-state index contributed by atoms with van der Waals surface area (Å²) < 4.78 is 5.53. The van der Waals surface area contributed by atoms with Gasteiger partial charge in [0.05, 0.1) is 24.2 Å². The average molecular weight is 223 g/mol. The van der Waals surface area contributed by atoms with Gasteiger partial charge in [-0.1, -0.05) is 13.8 Å². The molecule has 0 aliphatic heterocycles. The van der Waals surface area contributed by atoms with Gasteiger partial charge in [0, 0.05) is 26.4 Å². The number of pyridine rings is 1. The summed E-state index contributed by atoms with van der Waals surface area (Å²) in [4.78, 5) is 6.04. The topological polar surface area (TPSA) is 51.4 Å². The molecule has 0 fully saturated rings. The van der Waals surface area contributed by atoms with Gasteiger partial charge in [-0.25, -0.2) is 0 Å². The van der Waals surface area contributed by atoms with Crippen LogP contribution in [0.1, 0.15) is 13.8 Å². The minimum absolute atomic E-state index is 0.580. The Hall–Kier alpha value is -1.29. The third-order valence-corrected chi connectivity index (χ3v) is 2.26. The molecule has 1 rings (SSSR count). The molecule has 16 heavy (non-hydrogen) atoms. The van der Waals surface area contributed by atoms with Crippen molar-refractivity contribution in [3.05, 3.63) is 18.5 Å². The Morgan fingerprint density at radius 2 is 2.25 bits per heavy atom. The van der Waals surface area contributed by atoms with E-state index in [-0.39, 0.29) is 0 Å². The van der Waals surface area contributed by atoms with Crippen LogP contribution in [0.2, 0.25) is 0 Å². The number of aromatic nitrogens is 1. The molecule has 0 spiro atoms. The molecule has 90 valence electrons. The second-order valence-electron chi connectivity index (χ2n) is 4.32. The second-order valence-corrected chi connectivity index (χ2v) is 4.32. The first-order chi connectivity index (χ1) is 7.61. The number of hydrogen-bond donors (Lipinski definition) is 1. The van der Waals surface area contributed by atoms with E-state index in [1.807, 2.05) is 13.1 Å². The molecule has 0 aliphatic carbocycles. The van der Waals surface area contributed by atoms with E-state index < -0.39 is 0 Å². The molecule has 0 aliphatic rings. The Bertz CT molecular complexity index is 315. The van der Waals surface area contributed by atoms with Crippen molar-refractivity contribution in [2.45, 2.75) is 13.8 Å². The first-order valence-corrected chi connectivity index (χ1v) is 5.59. The maximum absolute atomic E-state index is 5.83. The van der Waals surface area contributed by atoms with E-state index in [2.05, 4.69) is 23.7 Å². The quantitative estimate of drug-likeness (QED) is 0.747. The maximum Gasteiger partial charge on any atom is 0.0738 e. The van der Waals surface area contributed by atoms with Crippen LogP contribution in [0.3, 0.4) is 0 Å². The van der Waals surface area contributed by atoms with E-state index in [0.29, 0.717) is 11.6 Å². The van der Waals surface area contributed by atoms with Gasteiger partial charge in [0.2, 0.25) is 0 Å². The number of nitrogen functional groups attached to an aromatic ring is 1. The molecular weight excluding hydrogens is 202 g/mol. The Labute approximate surface area is 97.4 Å². The highest BCUT2D eigenvalue weighted by atomic mass is 16.5. The number of nitrogens with two attached hydrogens (primary N) is 1. The van der Waals surface area contributed by atoms with Gasteiger partial charge >= 0.3 is 0 Å². The molecule has 0 aromatic carbocycles. The molecule has 4 nitrogen and oxygen atoms in total. The van der Waals surface area contributed by atoms with Crippen LogP contribution in [-0.4, -0.2) is 31.8 Å². The van der Waals surface area contributed by atoms with Crippen LogP contribution in [0.25, 0.3) is 0 Å². The van der Waals surface area contributed by atoms with Crippen LogP contribution < -0.4 is 10.6 Å². The van der Waals surface area contributed by atoms with Crippen molar-refractivity contribution in [1.82, 2.24) is 4.98 Å². The highest BCUT2D eigenvalue weighted by Crippen LogP contribution is 2.19. The maximum atomic E-state index is 5.83. The third-order valence-electron chi connectivity index (χ3n) is 2.26. The Kier molecular flexibility index (Phi) is 5.05. The molecule has 0 amide bonds. The molecule has 0 unspecified atom stereocenters. The molecule has 1 aromatic rings.